The number of hydrogen-bond acceptors (Lipinski definition) is 6. The molecular weight excluding hydrogens is 430 g/mol. The lowest BCUT2D eigenvalue weighted by molar-refractivity contribution is -0.140. The van der Waals surface area contributed by atoms with E-state index in [1.54, 1.807) is 30.3 Å². The number of nitrogens with zero attached hydrogens (tertiary/aromatic N) is 2. The molecule has 0 spiro atoms. The summed E-state index contributed by atoms with van der Waals surface area (Å²) in [6.07, 6.45) is -3.48. The lowest BCUT2D eigenvalue weighted by Crippen LogP contribution is -2.12. The number of fused-ring (bicyclic) bond motifs is 1. The molecule has 6 nitrogen and oxygen atoms in total. The first kappa shape index (κ1) is 21.0. The third kappa shape index (κ3) is 4.43. The van der Waals surface area contributed by atoms with E-state index in [2.05, 4.69) is 9.97 Å². The number of aromatic nitrogens is 2. The number of nitrogens with two attached hydrogens (primary N) is 1. The molecule has 4 aromatic rings. The zero-order chi connectivity index (χ0) is 22.9. The van der Waals surface area contributed by atoms with Crippen molar-refractivity contribution >= 4 is 22.7 Å². The normalized spacial score (nSPS) is 11.4. The highest BCUT2D eigenvalue weighted by Crippen LogP contribution is 2.34. The van der Waals surface area contributed by atoms with E-state index in [-0.39, 0.29) is 17.4 Å². The van der Waals surface area contributed by atoms with Crippen LogP contribution in [-0.4, -0.2) is 15.9 Å². The van der Waals surface area contributed by atoms with Crippen LogP contribution in [-0.2, 0) is 6.18 Å². The molecule has 0 aliphatic carbocycles. The van der Waals surface area contributed by atoms with Crippen LogP contribution in [0.3, 0.4) is 0 Å². The number of carbonyl (C=O) groups excluding carboxylic acids is 1. The van der Waals surface area contributed by atoms with Gasteiger partial charge in [0.25, 0.3) is 0 Å². The molecule has 3 aromatic carbocycles. The Labute approximate surface area is 178 Å². The Bertz CT molecular complexity index is 1330. The van der Waals surface area contributed by atoms with Crippen molar-refractivity contribution in [3.05, 3.63) is 83.8 Å². The molecule has 0 saturated heterocycles. The molecule has 162 valence electrons. The van der Waals surface area contributed by atoms with Gasteiger partial charge in [-0.1, -0.05) is 12.1 Å². The van der Waals surface area contributed by atoms with Crippen molar-refractivity contribution in [2.45, 2.75) is 6.18 Å². The SMILES string of the molecule is Nc1nccc(Oc2ccc3c(C(=O)Oc4ccc(F)c(C(F)(F)F)c4)cccc3c2)n1. The molecule has 1 heterocycles. The van der Waals surface area contributed by atoms with E-state index in [4.69, 9.17) is 15.2 Å². The van der Waals surface area contributed by atoms with Crippen molar-refractivity contribution in [3.63, 3.8) is 0 Å². The van der Waals surface area contributed by atoms with Gasteiger partial charge in [-0.3, -0.25) is 0 Å². The number of esters is 1. The van der Waals surface area contributed by atoms with Crippen LogP contribution in [0, 0.1) is 5.82 Å². The summed E-state index contributed by atoms with van der Waals surface area (Å²) in [5.41, 5.74) is 4.11. The zero-order valence-corrected chi connectivity index (χ0v) is 16.1. The topological polar surface area (TPSA) is 87.3 Å². The van der Waals surface area contributed by atoms with E-state index < -0.39 is 29.3 Å². The van der Waals surface area contributed by atoms with Gasteiger partial charge in [0, 0.05) is 12.3 Å². The fourth-order valence-electron chi connectivity index (χ4n) is 2.98. The van der Waals surface area contributed by atoms with Crippen LogP contribution in [0.5, 0.6) is 17.4 Å². The van der Waals surface area contributed by atoms with Crippen molar-refractivity contribution in [2.75, 3.05) is 5.73 Å². The molecule has 0 bridgehead atoms. The van der Waals surface area contributed by atoms with Crippen molar-refractivity contribution in [2.24, 2.45) is 0 Å². The first-order chi connectivity index (χ1) is 15.2. The van der Waals surface area contributed by atoms with E-state index in [1.165, 1.54) is 18.3 Å². The van der Waals surface area contributed by atoms with E-state index in [9.17, 15) is 22.4 Å². The molecule has 2 N–H and O–H groups in total. The molecule has 0 radical (unpaired) electrons. The first-order valence-corrected chi connectivity index (χ1v) is 9.09. The maximum Gasteiger partial charge on any atom is 0.419 e. The summed E-state index contributed by atoms with van der Waals surface area (Å²) in [4.78, 5) is 20.3. The quantitative estimate of drug-likeness (QED) is 0.259. The predicted octanol–water partition coefficient (Wildman–Crippen LogP) is 5.38. The third-order valence-corrected chi connectivity index (χ3v) is 4.40. The van der Waals surface area contributed by atoms with Crippen LogP contribution >= 0.6 is 0 Å². The number of ether oxygens (including phenoxy) is 2. The molecule has 32 heavy (non-hydrogen) atoms. The number of rotatable bonds is 4. The second-order valence-corrected chi connectivity index (χ2v) is 6.57. The molecule has 0 fully saturated rings. The predicted molar refractivity (Wildman–Crippen MR) is 107 cm³/mol. The van der Waals surface area contributed by atoms with Gasteiger partial charge in [-0.2, -0.15) is 18.2 Å². The Morgan fingerprint density at radius 1 is 0.969 bits per heavy atom. The highest BCUT2D eigenvalue weighted by Gasteiger charge is 2.34. The highest BCUT2D eigenvalue weighted by molar-refractivity contribution is 6.05. The van der Waals surface area contributed by atoms with Gasteiger partial charge in [0.15, 0.2) is 0 Å². The number of benzene rings is 3. The number of hydrogen-bond donors (Lipinski definition) is 1. The molecule has 0 amide bonds. The van der Waals surface area contributed by atoms with Crippen molar-refractivity contribution < 1.29 is 31.8 Å². The Morgan fingerprint density at radius 3 is 2.50 bits per heavy atom. The number of anilines is 1. The van der Waals surface area contributed by atoms with Gasteiger partial charge in [-0.25, -0.2) is 14.2 Å². The number of alkyl halides is 3. The van der Waals surface area contributed by atoms with E-state index in [1.807, 2.05) is 0 Å². The zero-order valence-electron chi connectivity index (χ0n) is 16.1. The second-order valence-electron chi connectivity index (χ2n) is 6.57. The fraction of sp³-hybridized carbons (Fsp3) is 0.0455. The van der Waals surface area contributed by atoms with Crippen molar-refractivity contribution in [1.29, 1.82) is 0 Å². The number of carbonyl (C=O) groups is 1. The fourth-order valence-corrected chi connectivity index (χ4v) is 2.98. The largest absolute Gasteiger partial charge is 0.439 e. The second kappa shape index (κ2) is 8.14. The summed E-state index contributed by atoms with van der Waals surface area (Å²) in [5, 5.41) is 1.08. The average molecular weight is 443 g/mol. The minimum Gasteiger partial charge on any atom is -0.439 e. The van der Waals surface area contributed by atoms with Crippen molar-refractivity contribution in [1.82, 2.24) is 9.97 Å². The van der Waals surface area contributed by atoms with Crippen LogP contribution in [0.15, 0.2) is 66.9 Å². The summed E-state index contributed by atoms with van der Waals surface area (Å²) >= 11 is 0. The van der Waals surface area contributed by atoms with Gasteiger partial charge in [-0.05, 0) is 53.2 Å². The summed E-state index contributed by atoms with van der Waals surface area (Å²) in [6, 6.07) is 13.1. The Kier molecular flexibility index (Phi) is 5.35. The van der Waals surface area contributed by atoms with Gasteiger partial charge in [0.2, 0.25) is 11.8 Å². The Balaban J connectivity index is 1.61. The van der Waals surface area contributed by atoms with Gasteiger partial charge < -0.3 is 15.2 Å². The van der Waals surface area contributed by atoms with Gasteiger partial charge >= 0.3 is 12.1 Å². The van der Waals surface area contributed by atoms with Gasteiger partial charge in [0.1, 0.15) is 17.3 Å². The van der Waals surface area contributed by atoms with Crippen LogP contribution in [0.4, 0.5) is 23.5 Å². The van der Waals surface area contributed by atoms with Crippen LogP contribution in [0.25, 0.3) is 10.8 Å². The van der Waals surface area contributed by atoms with Gasteiger partial charge in [0.05, 0.1) is 11.1 Å². The van der Waals surface area contributed by atoms with E-state index in [0.717, 1.165) is 6.07 Å². The molecule has 0 saturated carbocycles. The van der Waals surface area contributed by atoms with Crippen molar-refractivity contribution in [3.8, 4) is 17.4 Å². The van der Waals surface area contributed by atoms with Crippen LogP contribution < -0.4 is 15.2 Å². The van der Waals surface area contributed by atoms with E-state index >= 15 is 0 Å². The summed E-state index contributed by atoms with van der Waals surface area (Å²) < 4.78 is 62.9. The lowest BCUT2D eigenvalue weighted by Gasteiger charge is -2.12. The van der Waals surface area contributed by atoms with Crippen LogP contribution in [0.2, 0.25) is 0 Å². The maximum absolute atomic E-state index is 13.5. The summed E-state index contributed by atoms with van der Waals surface area (Å²) in [7, 11) is 0. The monoisotopic (exact) mass is 443 g/mol. The van der Waals surface area contributed by atoms with Crippen LogP contribution in [0.1, 0.15) is 15.9 Å². The minimum absolute atomic E-state index is 0.0443. The summed E-state index contributed by atoms with van der Waals surface area (Å²) in [6.45, 7) is 0. The summed E-state index contributed by atoms with van der Waals surface area (Å²) in [5.74, 6) is -2.10. The first-order valence-electron chi connectivity index (χ1n) is 9.09. The van der Waals surface area contributed by atoms with Gasteiger partial charge in [-0.15, -0.1) is 0 Å². The third-order valence-electron chi connectivity index (χ3n) is 4.40. The molecule has 1 aromatic heterocycles. The van der Waals surface area contributed by atoms with E-state index in [0.29, 0.717) is 28.7 Å². The number of halogens is 4. The lowest BCUT2D eigenvalue weighted by atomic mass is 10.0. The molecule has 0 atom stereocenters. The molecule has 0 aliphatic heterocycles. The molecule has 4 rings (SSSR count). The smallest absolute Gasteiger partial charge is 0.419 e. The molecule has 0 aliphatic rings. The molecular formula is C22H13F4N3O3. The molecule has 0 unspecified atom stereocenters. The number of nitrogen functional groups attached to an aromatic ring is 1. The minimum atomic E-state index is -4.92. The maximum atomic E-state index is 13.5. The Morgan fingerprint density at radius 2 is 1.75 bits per heavy atom. The standard InChI is InChI=1S/C22H13F4N3O3/c23-18-7-5-14(11-17(18)22(24,25)26)32-20(30)16-3-1-2-12-10-13(4-6-15(12)16)31-19-8-9-28-21(27)29-19/h1-11H,(H2,27,28,29). The average Bonchev–Trinajstić information content (AvgIpc) is 2.73. The molecule has 10 heteroatoms. The highest BCUT2D eigenvalue weighted by atomic mass is 19.4. The Hall–Kier alpha value is -4.21.